The average molecular weight is 478 g/mol. The number of hydrogen-bond donors (Lipinski definition) is 2. The summed E-state index contributed by atoms with van der Waals surface area (Å²) in [6, 6.07) is 16.0. The number of anilines is 2. The van der Waals surface area contributed by atoms with Gasteiger partial charge >= 0.3 is 5.97 Å². The van der Waals surface area contributed by atoms with Crippen LogP contribution in [0.15, 0.2) is 48.5 Å². The summed E-state index contributed by atoms with van der Waals surface area (Å²) in [6.45, 7) is 0.359. The van der Waals surface area contributed by atoms with Crippen molar-refractivity contribution in [3.05, 3.63) is 59.7 Å². The number of benzene rings is 2. The summed E-state index contributed by atoms with van der Waals surface area (Å²) in [7, 11) is 3.98. The van der Waals surface area contributed by atoms with E-state index in [0.29, 0.717) is 31.7 Å². The molecule has 4 rings (SSSR count). The van der Waals surface area contributed by atoms with E-state index in [1.54, 1.807) is 4.90 Å². The van der Waals surface area contributed by atoms with E-state index in [0.717, 1.165) is 41.8 Å². The highest BCUT2D eigenvalue weighted by Crippen LogP contribution is 2.38. The van der Waals surface area contributed by atoms with Crippen LogP contribution in [0.5, 0.6) is 0 Å². The van der Waals surface area contributed by atoms with E-state index in [-0.39, 0.29) is 5.91 Å². The van der Waals surface area contributed by atoms with Crippen LogP contribution in [0.1, 0.15) is 62.5 Å². The van der Waals surface area contributed by atoms with E-state index < -0.39 is 17.4 Å². The Morgan fingerprint density at radius 2 is 1.80 bits per heavy atom. The molecule has 2 atom stereocenters. The van der Waals surface area contributed by atoms with Crippen LogP contribution in [0, 0.1) is 11.8 Å². The van der Waals surface area contributed by atoms with Gasteiger partial charge in [-0.25, -0.2) is 0 Å². The number of amides is 1. The fourth-order valence-electron chi connectivity index (χ4n) is 5.84. The average Bonchev–Trinajstić information content (AvgIpc) is 2.96. The van der Waals surface area contributed by atoms with E-state index in [9.17, 15) is 14.7 Å². The van der Waals surface area contributed by atoms with Crippen molar-refractivity contribution in [3.8, 4) is 0 Å². The Morgan fingerprint density at radius 1 is 1.11 bits per heavy atom. The van der Waals surface area contributed by atoms with Gasteiger partial charge in [0.2, 0.25) is 5.91 Å². The maximum atomic E-state index is 14.1. The normalized spacial score (nSPS) is 21.8. The Bertz CT molecular complexity index is 1030. The van der Waals surface area contributed by atoms with Gasteiger partial charge in [-0.3, -0.25) is 9.59 Å². The molecule has 0 aromatic heterocycles. The van der Waals surface area contributed by atoms with E-state index >= 15 is 0 Å². The molecule has 2 aromatic carbocycles. The molecule has 0 saturated heterocycles. The first kappa shape index (κ1) is 25.2. The predicted molar refractivity (Wildman–Crippen MR) is 141 cm³/mol. The minimum absolute atomic E-state index is 0.282. The van der Waals surface area contributed by atoms with Gasteiger partial charge in [-0.2, -0.15) is 0 Å². The first-order chi connectivity index (χ1) is 16.8. The topological polar surface area (TPSA) is 86.9 Å². The Kier molecular flexibility index (Phi) is 7.80. The molecular formula is C29H39N3O3. The molecule has 35 heavy (non-hydrogen) atoms. The highest BCUT2D eigenvalue weighted by molar-refractivity contribution is 6.03. The number of aryl methyl sites for hydroxylation is 1. The molecule has 1 aliphatic carbocycles. The second-order valence-electron chi connectivity index (χ2n) is 10.6. The summed E-state index contributed by atoms with van der Waals surface area (Å²) in [5, 5.41) is 10.2. The van der Waals surface area contributed by atoms with Gasteiger partial charge in [0.05, 0.1) is 12.5 Å². The first-order valence-electron chi connectivity index (χ1n) is 13.0. The number of nitrogens with zero attached hydrogens (tertiary/aromatic N) is 2. The van der Waals surface area contributed by atoms with Gasteiger partial charge in [0.1, 0.15) is 5.54 Å². The molecule has 1 heterocycles. The molecule has 6 nitrogen and oxygen atoms in total. The third-order valence-corrected chi connectivity index (χ3v) is 8.04. The van der Waals surface area contributed by atoms with Crippen molar-refractivity contribution in [2.45, 2.75) is 69.9 Å². The zero-order chi connectivity index (χ0) is 25.0. The van der Waals surface area contributed by atoms with Crippen LogP contribution in [0.4, 0.5) is 11.4 Å². The fourth-order valence-corrected chi connectivity index (χ4v) is 5.84. The van der Waals surface area contributed by atoms with Gasteiger partial charge in [-0.05, 0) is 60.9 Å². The molecule has 1 unspecified atom stereocenters. The lowest BCUT2D eigenvalue weighted by atomic mass is 9.75. The maximum Gasteiger partial charge on any atom is 0.308 e. The van der Waals surface area contributed by atoms with Crippen LogP contribution >= 0.6 is 0 Å². The highest BCUT2D eigenvalue weighted by atomic mass is 16.4. The minimum Gasteiger partial charge on any atom is -0.481 e. The molecule has 2 aromatic rings. The standard InChI is InChI=1S/C29H39N3O3/c1-31(2)24-15-12-22(13-16-24)20-32-26-11-7-6-10-23(26)18-19-29(30,28(32)35)25(27(33)34)17-14-21-8-4-3-5-9-21/h6-7,10-13,15-16,21,25H,3-5,8-9,14,17-20,30H2,1-2H3,(H,33,34)/t25-,29?/m1/s1. The summed E-state index contributed by atoms with van der Waals surface area (Å²) >= 11 is 0. The van der Waals surface area contributed by atoms with Crippen molar-refractivity contribution in [2.75, 3.05) is 23.9 Å². The molecule has 0 bridgehead atoms. The number of nitrogens with two attached hydrogens (primary N) is 1. The third-order valence-electron chi connectivity index (χ3n) is 8.04. The van der Waals surface area contributed by atoms with Crippen molar-refractivity contribution < 1.29 is 14.7 Å². The molecule has 2 aliphatic rings. The van der Waals surface area contributed by atoms with Gasteiger partial charge in [-0.1, -0.05) is 62.4 Å². The lowest BCUT2D eigenvalue weighted by Crippen LogP contribution is -2.61. The van der Waals surface area contributed by atoms with Gasteiger partial charge < -0.3 is 20.6 Å². The number of hydrogen-bond acceptors (Lipinski definition) is 4. The first-order valence-corrected chi connectivity index (χ1v) is 13.0. The molecular weight excluding hydrogens is 438 g/mol. The zero-order valence-corrected chi connectivity index (χ0v) is 21.1. The predicted octanol–water partition coefficient (Wildman–Crippen LogP) is 4.99. The number of aliphatic carboxylic acids is 1. The largest absolute Gasteiger partial charge is 0.481 e. The third kappa shape index (κ3) is 5.53. The minimum atomic E-state index is -1.44. The smallest absolute Gasteiger partial charge is 0.308 e. The Hall–Kier alpha value is -2.86. The van der Waals surface area contributed by atoms with Crippen LogP contribution in [-0.2, 0) is 22.6 Å². The van der Waals surface area contributed by atoms with Gasteiger partial charge in [-0.15, -0.1) is 0 Å². The van der Waals surface area contributed by atoms with Crippen LogP contribution in [-0.4, -0.2) is 36.6 Å². The second-order valence-corrected chi connectivity index (χ2v) is 10.6. The lowest BCUT2D eigenvalue weighted by molar-refractivity contribution is -0.148. The Morgan fingerprint density at radius 3 is 2.46 bits per heavy atom. The van der Waals surface area contributed by atoms with E-state index in [1.807, 2.05) is 67.5 Å². The van der Waals surface area contributed by atoms with Gasteiger partial charge in [0.15, 0.2) is 0 Å². The number of carbonyl (C=O) groups excluding carboxylic acids is 1. The molecule has 1 amide bonds. The molecule has 0 radical (unpaired) electrons. The number of carboxylic acid groups (broad SMARTS) is 1. The summed E-state index contributed by atoms with van der Waals surface area (Å²) in [5.41, 5.74) is 9.36. The number of carbonyl (C=O) groups is 2. The van der Waals surface area contributed by atoms with Crippen LogP contribution in [0.3, 0.4) is 0 Å². The molecule has 3 N–H and O–H groups in total. The molecule has 6 heteroatoms. The molecule has 1 saturated carbocycles. The number of rotatable bonds is 8. The summed E-state index contributed by atoms with van der Waals surface area (Å²) in [4.78, 5) is 30.4. The summed E-state index contributed by atoms with van der Waals surface area (Å²) < 4.78 is 0. The SMILES string of the molecule is CN(C)c1ccc(CN2C(=O)C(N)([C@H](CCC3CCCCC3)C(=O)O)CCc3ccccc32)cc1. The van der Waals surface area contributed by atoms with E-state index in [4.69, 9.17) is 5.73 Å². The van der Waals surface area contributed by atoms with Crippen LogP contribution < -0.4 is 15.5 Å². The quantitative estimate of drug-likeness (QED) is 0.559. The molecule has 188 valence electrons. The number of para-hydroxylation sites is 1. The fraction of sp³-hybridized carbons (Fsp3) is 0.517. The summed E-state index contributed by atoms with van der Waals surface area (Å²) in [6.07, 6.45) is 8.18. The van der Waals surface area contributed by atoms with E-state index in [1.165, 1.54) is 19.3 Å². The van der Waals surface area contributed by atoms with Gasteiger partial charge in [0, 0.05) is 25.5 Å². The second kappa shape index (κ2) is 10.8. The Balaban J connectivity index is 1.63. The zero-order valence-electron chi connectivity index (χ0n) is 21.1. The lowest BCUT2D eigenvalue weighted by Gasteiger charge is -2.37. The molecule has 0 spiro atoms. The van der Waals surface area contributed by atoms with Crippen LogP contribution in [0.2, 0.25) is 0 Å². The van der Waals surface area contributed by atoms with Crippen molar-refractivity contribution in [1.82, 2.24) is 0 Å². The van der Waals surface area contributed by atoms with Crippen LogP contribution in [0.25, 0.3) is 0 Å². The monoisotopic (exact) mass is 477 g/mol. The number of carboxylic acids is 1. The number of fused-ring (bicyclic) bond motifs is 1. The van der Waals surface area contributed by atoms with Gasteiger partial charge in [0.25, 0.3) is 0 Å². The maximum absolute atomic E-state index is 14.1. The van der Waals surface area contributed by atoms with Crippen molar-refractivity contribution in [1.29, 1.82) is 0 Å². The Labute approximate surface area is 209 Å². The van der Waals surface area contributed by atoms with Crippen molar-refractivity contribution in [2.24, 2.45) is 17.6 Å². The highest BCUT2D eigenvalue weighted by Gasteiger charge is 2.49. The molecule has 1 aliphatic heterocycles. The van der Waals surface area contributed by atoms with E-state index in [2.05, 4.69) is 0 Å². The van der Waals surface area contributed by atoms with Crippen molar-refractivity contribution in [3.63, 3.8) is 0 Å². The van der Waals surface area contributed by atoms with Crippen molar-refractivity contribution >= 4 is 23.3 Å². The summed E-state index contributed by atoms with van der Waals surface area (Å²) in [5.74, 6) is -1.60. The molecule has 1 fully saturated rings.